The summed E-state index contributed by atoms with van der Waals surface area (Å²) in [5, 5.41) is 2.76. The van der Waals surface area contributed by atoms with Crippen LogP contribution in [0.1, 0.15) is 22.3 Å². The van der Waals surface area contributed by atoms with Gasteiger partial charge in [-0.15, -0.1) is 0 Å². The van der Waals surface area contributed by atoms with Gasteiger partial charge in [0.05, 0.1) is 12.6 Å². The quantitative estimate of drug-likeness (QED) is 0.877. The zero-order valence-electron chi connectivity index (χ0n) is 16.3. The summed E-state index contributed by atoms with van der Waals surface area (Å²) in [7, 11) is 0. The number of amides is 2. The number of benzene rings is 2. The molecule has 2 aromatic carbocycles. The molecule has 0 bridgehead atoms. The summed E-state index contributed by atoms with van der Waals surface area (Å²) in [6.45, 7) is 6.46. The summed E-state index contributed by atoms with van der Waals surface area (Å²) in [6, 6.07) is 16.6. The van der Waals surface area contributed by atoms with Crippen LogP contribution >= 0.6 is 0 Å². The number of cyclic esters (lactones) is 2. The van der Waals surface area contributed by atoms with Crippen LogP contribution in [0, 0.1) is 13.8 Å². The van der Waals surface area contributed by atoms with Crippen LogP contribution in [-0.4, -0.2) is 42.9 Å². The topological polar surface area (TPSA) is 67.9 Å². The van der Waals surface area contributed by atoms with Gasteiger partial charge < -0.3 is 19.7 Å². The van der Waals surface area contributed by atoms with Crippen molar-refractivity contribution in [2.24, 2.45) is 0 Å². The van der Waals surface area contributed by atoms with Crippen molar-refractivity contribution in [1.29, 1.82) is 0 Å². The Kier molecular flexibility index (Phi) is 6.53. The monoisotopic (exact) mass is 382 g/mol. The van der Waals surface area contributed by atoms with Crippen LogP contribution in [0.3, 0.4) is 0 Å². The minimum absolute atomic E-state index is 0.130. The second kappa shape index (κ2) is 9.26. The standard InChI is InChI=1S/2C11H13NO2/c1-8-2-4-9(5-3-8)6-10-7-14-11(13)12-10;1-9-2-4-10(5-3-9)8-12-6-7-14-11(12)13/h2-5,10H,6-7H2,1H3,(H,12,13);2-5H,6-8H2,1H3/t10-;/m0./s1. The van der Waals surface area contributed by atoms with Crippen molar-refractivity contribution in [3.63, 3.8) is 0 Å². The molecule has 28 heavy (non-hydrogen) atoms. The van der Waals surface area contributed by atoms with E-state index in [2.05, 4.69) is 48.6 Å². The molecule has 2 aromatic rings. The predicted molar refractivity (Wildman–Crippen MR) is 106 cm³/mol. The van der Waals surface area contributed by atoms with Gasteiger partial charge in [0.1, 0.15) is 13.2 Å². The number of hydrogen-bond donors (Lipinski definition) is 1. The lowest BCUT2D eigenvalue weighted by Gasteiger charge is -2.12. The number of alkyl carbamates (subject to hydrolysis) is 1. The Morgan fingerprint density at radius 3 is 2.04 bits per heavy atom. The largest absolute Gasteiger partial charge is 0.448 e. The van der Waals surface area contributed by atoms with Gasteiger partial charge in [-0.2, -0.15) is 0 Å². The fourth-order valence-electron chi connectivity index (χ4n) is 3.03. The lowest BCUT2D eigenvalue weighted by atomic mass is 10.1. The maximum atomic E-state index is 11.1. The summed E-state index contributed by atoms with van der Waals surface area (Å²) in [5.74, 6) is 0. The molecule has 2 heterocycles. The number of hydrogen-bond acceptors (Lipinski definition) is 4. The average Bonchev–Trinajstić information content (AvgIpc) is 3.28. The highest BCUT2D eigenvalue weighted by Gasteiger charge is 2.22. The average molecular weight is 382 g/mol. The van der Waals surface area contributed by atoms with Gasteiger partial charge >= 0.3 is 12.2 Å². The highest BCUT2D eigenvalue weighted by molar-refractivity contribution is 5.69. The maximum Gasteiger partial charge on any atom is 0.410 e. The van der Waals surface area contributed by atoms with Crippen molar-refractivity contribution in [3.8, 4) is 0 Å². The Balaban J connectivity index is 0.000000161. The molecule has 1 N–H and O–H groups in total. The first-order valence-corrected chi connectivity index (χ1v) is 9.45. The molecular formula is C22H26N2O4. The SMILES string of the molecule is Cc1ccc(CN2CCOC2=O)cc1.Cc1ccc(C[C@H]2COC(=O)N2)cc1. The van der Waals surface area contributed by atoms with E-state index in [1.807, 2.05) is 19.1 Å². The van der Waals surface area contributed by atoms with Crippen LogP contribution in [0.25, 0.3) is 0 Å². The van der Waals surface area contributed by atoms with Crippen molar-refractivity contribution in [2.45, 2.75) is 32.9 Å². The van der Waals surface area contributed by atoms with Crippen LogP contribution in [0.15, 0.2) is 48.5 Å². The number of carbonyl (C=O) groups is 2. The van der Waals surface area contributed by atoms with E-state index >= 15 is 0 Å². The molecule has 2 saturated heterocycles. The van der Waals surface area contributed by atoms with Crippen molar-refractivity contribution < 1.29 is 19.1 Å². The van der Waals surface area contributed by atoms with E-state index in [4.69, 9.17) is 9.47 Å². The van der Waals surface area contributed by atoms with Gasteiger partial charge in [-0.25, -0.2) is 9.59 Å². The smallest absolute Gasteiger partial charge is 0.410 e. The maximum absolute atomic E-state index is 11.1. The lowest BCUT2D eigenvalue weighted by molar-refractivity contribution is 0.157. The molecule has 0 radical (unpaired) electrons. The summed E-state index contributed by atoms with van der Waals surface area (Å²) in [4.78, 5) is 23.6. The molecule has 2 aliphatic heterocycles. The van der Waals surface area contributed by atoms with Gasteiger partial charge in [0, 0.05) is 6.54 Å². The minimum atomic E-state index is -0.304. The van der Waals surface area contributed by atoms with Crippen LogP contribution < -0.4 is 5.32 Å². The molecular weight excluding hydrogens is 356 g/mol. The van der Waals surface area contributed by atoms with Gasteiger partial charge in [0.2, 0.25) is 0 Å². The van der Waals surface area contributed by atoms with Gasteiger partial charge in [-0.3, -0.25) is 0 Å². The molecule has 0 saturated carbocycles. The van der Waals surface area contributed by atoms with Crippen LogP contribution in [0.2, 0.25) is 0 Å². The molecule has 2 fully saturated rings. The number of rotatable bonds is 4. The van der Waals surface area contributed by atoms with Crippen LogP contribution in [-0.2, 0) is 22.4 Å². The lowest BCUT2D eigenvalue weighted by Crippen LogP contribution is -2.28. The van der Waals surface area contributed by atoms with E-state index in [-0.39, 0.29) is 18.2 Å². The van der Waals surface area contributed by atoms with Crippen molar-refractivity contribution in [3.05, 3.63) is 70.8 Å². The normalized spacial score (nSPS) is 18.1. The molecule has 0 aromatic heterocycles. The van der Waals surface area contributed by atoms with E-state index in [1.165, 1.54) is 16.7 Å². The third-order valence-corrected chi connectivity index (χ3v) is 4.68. The van der Waals surface area contributed by atoms with Gasteiger partial charge in [-0.05, 0) is 31.4 Å². The fourth-order valence-corrected chi connectivity index (χ4v) is 3.03. The molecule has 148 valence electrons. The van der Waals surface area contributed by atoms with Gasteiger partial charge in [-0.1, -0.05) is 59.7 Å². The highest BCUT2D eigenvalue weighted by atomic mass is 16.6. The molecule has 0 unspecified atom stereocenters. The second-order valence-corrected chi connectivity index (χ2v) is 7.15. The third kappa shape index (κ3) is 5.74. The number of aryl methyl sites for hydroxylation is 2. The molecule has 1 atom stereocenters. The van der Waals surface area contributed by atoms with Crippen molar-refractivity contribution >= 4 is 12.2 Å². The molecule has 0 spiro atoms. The highest BCUT2D eigenvalue weighted by Crippen LogP contribution is 2.11. The van der Waals surface area contributed by atoms with Crippen molar-refractivity contribution in [1.82, 2.24) is 10.2 Å². The molecule has 0 aliphatic carbocycles. The van der Waals surface area contributed by atoms with E-state index < -0.39 is 0 Å². The Hall–Kier alpha value is -3.02. The number of nitrogens with zero attached hydrogens (tertiary/aromatic N) is 1. The first-order valence-electron chi connectivity index (χ1n) is 9.45. The predicted octanol–water partition coefficient (Wildman–Crippen LogP) is 3.59. The second-order valence-electron chi connectivity index (χ2n) is 7.15. The molecule has 2 amide bonds. The Bertz CT molecular complexity index is 802. The van der Waals surface area contributed by atoms with Gasteiger partial charge in [0.15, 0.2) is 0 Å². The zero-order valence-corrected chi connectivity index (χ0v) is 16.3. The molecule has 4 rings (SSSR count). The number of carbonyl (C=O) groups excluding carboxylic acids is 2. The van der Waals surface area contributed by atoms with E-state index in [0.717, 1.165) is 12.0 Å². The molecule has 6 nitrogen and oxygen atoms in total. The fraction of sp³-hybridized carbons (Fsp3) is 0.364. The van der Waals surface area contributed by atoms with E-state index in [1.54, 1.807) is 4.90 Å². The summed E-state index contributed by atoms with van der Waals surface area (Å²) < 4.78 is 9.66. The first-order chi connectivity index (χ1) is 13.5. The van der Waals surface area contributed by atoms with E-state index in [0.29, 0.717) is 26.3 Å². The Morgan fingerprint density at radius 2 is 1.54 bits per heavy atom. The third-order valence-electron chi connectivity index (χ3n) is 4.68. The Labute approximate surface area is 165 Å². The van der Waals surface area contributed by atoms with Crippen LogP contribution in [0.4, 0.5) is 9.59 Å². The number of ether oxygens (including phenoxy) is 2. The van der Waals surface area contributed by atoms with Gasteiger partial charge in [0.25, 0.3) is 0 Å². The van der Waals surface area contributed by atoms with Crippen molar-refractivity contribution in [2.75, 3.05) is 19.8 Å². The van der Waals surface area contributed by atoms with Crippen LogP contribution in [0.5, 0.6) is 0 Å². The summed E-state index contributed by atoms with van der Waals surface area (Å²) in [6.07, 6.45) is 0.333. The molecule has 2 aliphatic rings. The summed E-state index contributed by atoms with van der Waals surface area (Å²) >= 11 is 0. The van der Waals surface area contributed by atoms with E-state index in [9.17, 15) is 9.59 Å². The minimum Gasteiger partial charge on any atom is -0.448 e. The number of nitrogens with one attached hydrogen (secondary N) is 1. The summed E-state index contributed by atoms with van der Waals surface area (Å²) in [5.41, 5.74) is 4.86. The zero-order chi connectivity index (χ0) is 19.9. The molecule has 6 heteroatoms. The Morgan fingerprint density at radius 1 is 0.929 bits per heavy atom. The first kappa shape index (κ1) is 19.7.